The molecule has 134 valence electrons. The van der Waals surface area contributed by atoms with E-state index in [4.69, 9.17) is 11.5 Å². The molecule has 0 atom stereocenters. The Bertz CT molecular complexity index is 994. The minimum Gasteiger partial charge on any atom is -0.384 e. The van der Waals surface area contributed by atoms with E-state index in [1.807, 2.05) is 0 Å². The summed E-state index contributed by atoms with van der Waals surface area (Å²) in [5.41, 5.74) is 11.4. The van der Waals surface area contributed by atoms with Gasteiger partial charge in [-0.05, 0) is 30.2 Å². The van der Waals surface area contributed by atoms with Crippen LogP contribution in [0.5, 0.6) is 0 Å². The highest BCUT2D eigenvalue weighted by Gasteiger charge is 2.31. The zero-order valence-electron chi connectivity index (χ0n) is 13.6. The predicted octanol–water partition coefficient (Wildman–Crippen LogP) is 2.94. The van der Waals surface area contributed by atoms with Crippen molar-refractivity contribution in [3.8, 4) is 16.9 Å². The number of carbonyl (C=O) groups is 1. The van der Waals surface area contributed by atoms with Crippen molar-refractivity contribution < 1.29 is 18.0 Å². The molecule has 26 heavy (non-hydrogen) atoms. The Morgan fingerprint density at radius 2 is 1.85 bits per heavy atom. The summed E-state index contributed by atoms with van der Waals surface area (Å²) < 4.78 is 40.6. The molecule has 9 heteroatoms. The second-order valence-corrected chi connectivity index (χ2v) is 5.69. The Balaban J connectivity index is 2.21. The van der Waals surface area contributed by atoms with Crippen LogP contribution in [0.25, 0.3) is 16.9 Å². The number of aryl methyl sites for hydroxylation is 1. The molecule has 2 aromatic heterocycles. The standard InChI is InChI=1S/C17H14F3N5O/c1-9-2-3-10(17(18,19)20)4-11(9)12-6-25(7-13(12)16(22)26)15-5-14(21)23-8-24-15/h2-8H,1H3,(H2,22,26)(H2,21,23,24). The van der Waals surface area contributed by atoms with E-state index in [1.165, 1.54) is 35.4 Å². The van der Waals surface area contributed by atoms with Gasteiger partial charge in [0.15, 0.2) is 0 Å². The number of nitrogens with two attached hydrogens (primary N) is 2. The van der Waals surface area contributed by atoms with Gasteiger partial charge in [0.25, 0.3) is 5.91 Å². The van der Waals surface area contributed by atoms with Crippen LogP contribution in [0, 0.1) is 6.92 Å². The van der Waals surface area contributed by atoms with Crippen molar-refractivity contribution in [3.05, 3.63) is 59.7 Å². The van der Waals surface area contributed by atoms with Crippen molar-refractivity contribution >= 4 is 11.7 Å². The molecule has 0 bridgehead atoms. The fourth-order valence-corrected chi connectivity index (χ4v) is 2.59. The summed E-state index contributed by atoms with van der Waals surface area (Å²) in [5.74, 6) is -0.199. The number of primary amides is 1. The molecule has 3 rings (SSSR count). The Kier molecular flexibility index (Phi) is 4.15. The summed E-state index contributed by atoms with van der Waals surface area (Å²) in [6.07, 6.45) is -0.369. The van der Waals surface area contributed by atoms with Crippen LogP contribution in [0.1, 0.15) is 21.5 Å². The SMILES string of the molecule is Cc1ccc(C(F)(F)F)cc1-c1cn(-c2cc(N)ncn2)cc1C(N)=O. The van der Waals surface area contributed by atoms with Gasteiger partial charge in [-0.1, -0.05) is 6.07 Å². The largest absolute Gasteiger partial charge is 0.416 e. The van der Waals surface area contributed by atoms with Crippen molar-refractivity contribution in [1.82, 2.24) is 14.5 Å². The van der Waals surface area contributed by atoms with Crippen LogP contribution >= 0.6 is 0 Å². The van der Waals surface area contributed by atoms with Gasteiger partial charge in [0, 0.05) is 24.0 Å². The molecule has 0 spiro atoms. The maximum absolute atomic E-state index is 13.1. The highest BCUT2D eigenvalue weighted by Crippen LogP contribution is 2.35. The van der Waals surface area contributed by atoms with Gasteiger partial charge in [-0.2, -0.15) is 13.2 Å². The Hall–Kier alpha value is -3.36. The zero-order valence-corrected chi connectivity index (χ0v) is 13.6. The van der Waals surface area contributed by atoms with Crippen molar-refractivity contribution in [1.29, 1.82) is 0 Å². The average molecular weight is 361 g/mol. The van der Waals surface area contributed by atoms with E-state index in [0.29, 0.717) is 11.4 Å². The van der Waals surface area contributed by atoms with Crippen LogP contribution in [0.4, 0.5) is 19.0 Å². The molecular formula is C17H14F3N5O. The number of rotatable bonds is 3. The minimum absolute atomic E-state index is 0.0737. The second kappa shape index (κ2) is 6.17. The van der Waals surface area contributed by atoms with E-state index in [1.54, 1.807) is 6.92 Å². The van der Waals surface area contributed by atoms with Crippen LogP contribution in [-0.2, 0) is 6.18 Å². The number of hydrogen-bond acceptors (Lipinski definition) is 4. The summed E-state index contributed by atoms with van der Waals surface area (Å²) in [5, 5.41) is 0. The van der Waals surface area contributed by atoms with Gasteiger partial charge in [-0.25, -0.2) is 9.97 Å². The molecule has 6 nitrogen and oxygen atoms in total. The number of halogens is 3. The van der Waals surface area contributed by atoms with Gasteiger partial charge in [0.2, 0.25) is 0 Å². The Morgan fingerprint density at radius 1 is 1.12 bits per heavy atom. The van der Waals surface area contributed by atoms with Gasteiger partial charge in [-0.3, -0.25) is 4.79 Å². The minimum atomic E-state index is -4.50. The van der Waals surface area contributed by atoms with Crippen molar-refractivity contribution in [2.45, 2.75) is 13.1 Å². The number of alkyl halides is 3. The molecule has 1 aromatic carbocycles. The highest BCUT2D eigenvalue weighted by molar-refractivity contribution is 6.00. The first-order valence-electron chi connectivity index (χ1n) is 7.44. The summed E-state index contributed by atoms with van der Waals surface area (Å²) in [6, 6.07) is 4.80. The maximum atomic E-state index is 13.1. The summed E-state index contributed by atoms with van der Waals surface area (Å²) in [7, 11) is 0. The van der Waals surface area contributed by atoms with Crippen molar-refractivity contribution in [2.24, 2.45) is 5.73 Å². The van der Waals surface area contributed by atoms with E-state index < -0.39 is 17.6 Å². The van der Waals surface area contributed by atoms with Gasteiger partial charge < -0.3 is 16.0 Å². The molecule has 3 aromatic rings. The first kappa shape index (κ1) is 17.5. The van der Waals surface area contributed by atoms with Crippen molar-refractivity contribution in [2.75, 3.05) is 5.73 Å². The van der Waals surface area contributed by atoms with Gasteiger partial charge >= 0.3 is 6.18 Å². The van der Waals surface area contributed by atoms with Crippen LogP contribution in [0.3, 0.4) is 0 Å². The maximum Gasteiger partial charge on any atom is 0.416 e. The third kappa shape index (κ3) is 3.23. The molecule has 0 saturated heterocycles. The molecule has 0 saturated carbocycles. The number of anilines is 1. The molecular weight excluding hydrogens is 347 g/mol. The molecule has 0 unspecified atom stereocenters. The highest BCUT2D eigenvalue weighted by atomic mass is 19.4. The molecule has 2 heterocycles. The molecule has 4 N–H and O–H groups in total. The van der Waals surface area contributed by atoms with Gasteiger partial charge in [0.05, 0.1) is 11.1 Å². The average Bonchev–Trinajstić information content (AvgIpc) is 2.99. The van der Waals surface area contributed by atoms with E-state index in [0.717, 1.165) is 12.1 Å². The number of nitrogens with zero attached hydrogens (tertiary/aromatic N) is 3. The number of benzene rings is 1. The first-order chi connectivity index (χ1) is 12.2. The van der Waals surface area contributed by atoms with E-state index >= 15 is 0 Å². The number of amides is 1. The topological polar surface area (TPSA) is 99.8 Å². The van der Waals surface area contributed by atoms with Crippen molar-refractivity contribution in [3.63, 3.8) is 0 Å². The van der Waals surface area contributed by atoms with Crippen LogP contribution < -0.4 is 11.5 Å². The third-order valence-electron chi connectivity index (χ3n) is 3.89. The molecule has 0 aliphatic heterocycles. The number of aromatic nitrogens is 3. The number of nitrogen functional groups attached to an aromatic ring is 1. The van der Waals surface area contributed by atoms with E-state index in [2.05, 4.69) is 9.97 Å². The lowest BCUT2D eigenvalue weighted by Crippen LogP contribution is -2.11. The van der Waals surface area contributed by atoms with Gasteiger partial charge in [0.1, 0.15) is 18.0 Å². The fourth-order valence-electron chi connectivity index (χ4n) is 2.59. The first-order valence-corrected chi connectivity index (χ1v) is 7.44. The molecule has 0 aliphatic carbocycles. The van der Waals surface area contributed by atoms with E-state index in [9.17, 15) is 18.0 Å². The fraction of sp³-hybridized carbons (Fsp3) is 0.118. The van der Waals surface area contributed by atoms with Gasteiger partial charge in [-0.15, -0.1) is 0 Å². The predicted molar refractivity (Wildman–Crippen MR) is 89.5 cm³/mol. The molecule has 1 amide bonds. The van der Waals surface area contributed by atoms with Crippen LogP contribution in [-0.4, -0.2) is 20.4 Å². The Labute approximate surface area is 146 Å². The lowest BCUT2D eigenvalue weighted by atomic mass is 9.97. The quantitative estimate of drug-likeness (QED) is 0.749. The normalized spacial score (nSPS) is 11.5. The summed E-state index contributed by atoms with van der Waals surface area (Å²) in [6.45, 7) is 1.65. The monoisotopic (exact) mass is 361 g/mol. The number of carbonyl (C=O) groups excluding carboxylic acids is 1. The lowest BCUT2D eigenvalue weighted by molar-refractivity contribution is -0.137. The smallest absolute Gasteiger partial charge is 0.384 e. The Morgan fingerprint density at radius 3 is 2.46 bits per heavy atom. The van der Waals surface area contributed by atoms with Crippen LogP contribution in [0.2, 0.25) is 0 Å². The van der Waals surface area contributed by atoms with Crippen LogP contribution in [0.15, 0.2) is 43.0 Å². The zero-order chi connectivity index (χ0) is 19.1. The lowest BCUT2D eigenvalue weighted by Gasteiger charge is -2.11. The summed E-state index contributed by atoms with van der Waals surface area (Å²) >= 11 is 0. The second-order valence-electron chi connectivity index (χ2n) is 5.69. The number of hydrogen-bond donors (Lipinski definition) is 2. The third-order valence-corrected chi connectivity index (χ3v) is 3.89. The molecule has 0 radical (unpaired) electrons. The molecule has 0 aliphatic rings. The molecule has 0 fully saturated rings. The summed E-state index contributed by atoms with van der Waals surface area (Å²) in [4.78, 5) is 19.6. The van der Waals surface area contributed by atoms with E-state index in [-0.39, 0.29) is 22.5 Å².